The molecule has 0 aliphatic heterocycles. The molecule has 0 bridgehead atoms. The van der Waals surface area contributed by atoms with E-state index in [0.29, 0.717) is 0 Å². The van der Waals surface area contributed by atoms with Crippen LogP contribution in [0.15, 0.2) is 23.8 Å². The summed E-state index contributed by atoms with van der Waals surface area (Å²) >= 11 is 0. The Kier molecular flexibility index (Phi) is 4.57. The molecule has 0 unspecified atom stereocenters. The Morgan fingerprint density at radius 1 is 1.27 bits per heavy atom. The van der Waals surface area contributed by atoms with Gasteiger partial charge < -0.3 is 5.32 Å². The fourth-order valence-electron chi connectivity index (χ4n) is 1.87. The average Bonchev–Trinajstić information content (AvgIpc) is 2.61. The van der Waals surface area contributed by atoms with E-state index in [4.69, 9.17) is 0 Å². The van der Waals surface area contributed by atoms with Crippen molar-refractivity contribution in [1.82, 2.24) is 5.32 Å². The Morgan fingerprint density at radius 2 is 2.00 bits per heavy atom. The van der Waals surface area contributed by atoms with Gasteiger partial charge in [0.25, 0.3) is 0 Å². The quantitative estimate of drug-likeness (QED) is 0.777. The van der Waals surface area contributed by atoms with Crippen LogP contribution in [0.3, 0.4) is 0 Å². The van der Waals surface area contributed by atoms with Crippen molar-refractivity contribution in [3.05, 3.63) is 40.5 Å². The predicted octanol–water partition coefficient (Wildman–Crippen LogP) is 3.39. The summed E-state index contributed by atoms with van der Waals surface area (Å²) in [6.45, 7) is 7.15. The van der Waals surface area contributed by atoms with Gasteiger partial charge in [0.1, 0.15) is 0 Å². The van der Waals surface area contributed by atoms with E-state index in [0.717, 1.165) is 13.0 Å². The number of fused-ring (bicyclic) bond motifs is 1. The minimum atomic E-state index is 0.958. The number of rotatable bonds is 2. The van der Waals surface area contributed by atoms with E-state index in [-0.39, 0.29) is 0 Å². The number of allylic oxidation sites excluding steroid dienone is 1. The van der Waals surface area contributed by atoms with Crippen molar-refractivity contribution < 1.29 is 0 Å². The van der Waals surface area contributed by atoms with Gasteiger partial charge in [0, 0.05) is 6.54 Å². The van der Waals surface area contributed by atoms with Crippen LogP contribution in [-0.4, -0.2) is 7.05 Å². The first kappa shape index (κ1) is 12.0. The highest BCUT2D eigenvalue weighted by atomic mass is 14.8. The zero-order chi connectivity index (χ0) is 11.3. The first-order valence-electron chi connectivity index (χ1n) is 5.73. The molecular formula is C14H21N. The van der Waals surface area contributed by atoms with Crippen LogP contribution >= 0.6 is 0 Å². The minimum absolute atomic E-state index is 0.958. The van der Waals surface area contributed by atoms with Crippen LogP contribution in [0.1, 0.15) is 37.5 Å². The summed E-state index contributed by atoms with van der Waals surface area (Å²) < 4.78 is 0. The topological polar surface area (TPSA) is 12.0 Å². The Hall–Kier alpha value is -1.08. The molecule has 0 radical (unpaired) electrons. The van der Waals surface area contributed by atoms with Gasteiger partial charge >= 0.3 is 0 Å². The van der Waals surface area contributed by atoms with E-state index in [1.807, 2.05) is 20.9 Å². The molecule has 2 rings (SSSR count). The van der Waals surface area contributed by atoms with Gasteiger partial charge in [0.15, 0.2) is 0 Å². The van der Waals surface area contributed by atoms with Crippen molar-refractivity contribution in [3.8, 4) is 0 Å². The first-order valence-corrected chi connectivity index (χ1v) is 5.73. The third-order valence-corrected chi connectivity index (χ3v) is 2.46. The van der Waals surface area contributed by atoms with E-state index in [9.17, 15) is 0 Å². The highest BCUT2D eigenvalue weighted by Gasteiger charge is 2.08. The molecule has 15 heavy (non-hydrogen) atoms. The van der Waals surface area contributed by atoms with Crippen molar-refractivity contribution in [3.63, 3.8) is 0 Å². The Bertz CT molecular complexity index is 350. The summed E-state index contributed by atoms with van der Waals surface area (Å²) in [5.74, 6) is 0. The molecule has 0 spiro atoms. The molecule has 1 N–H and O–H groups in total. The number of nitrogens with one attached hydrogen (secondary N) is 1. The lowest BCUT2D eigenvalue weighted by Crippen LogP contribution is -2.05. The highest BCUT2D eigenvalue weighted by Crippen LogP contribution is 2.25. The van der Waals surface area contributed by atoms with Crippen LogP contribution in [0.5, 0.6) is 0 Å². The van der Waals surface area contributed by atoms with E-state index in [1.165, 1.54) is 22.3 Å². The summed E-state index contributed by atoms with van der Waals surface area (Å²) in [7, 11) is 1.98. The largest absolute Gasteiger partial charge is 0.316 e. The Labute approximate surface area is 93.2 Å². The summed E-state index contributed by atoms with van der Waals surface area (Å²) in [6, 6.07) is 6.74. The van der Waals surface area contributed by atoms with E-state index < -0.39 is 0 Å². The first-order chi connectivity index (χ1) is 7.29. The molecule has 0 amide bonds. The van der Waals surface area contributed by atoms with Gasteiger partial charge in [0.2, 0.25) is 0 Å². The maximum Gasteiger partial charge on any atom is 0.0202 e. The smallest absolute Gasteiger partial charge is 0.0202 e. The zero-order valence-electron chi connectivity index (χ0n) is 10.2. The molecule has 1 aromatic carbocycles. The molecule has 1 heteroatoms. The maximum absolute atomic E-state index is 3.17. The molecule has 1 aromatic rings. The molecular weight excluding hydrogens is 182 g/mol. The molecule has 0 atom stereocenters. The van der Waals surface area contributed by atoms with Crippen molar-refractivity contribution >= 4 is 6.08 Å². The zero-order valence-corrected chi connectivity index (χ0v) is 10.2. The van der Waals surface area contributed by atoms with Crippen LogP contribution in [-0.2, 0) is 13.0 Å². The average molecular weight is 203 g/mol. The van der Waals surface area contributed by atoms with Gasteiger partial charge in [0.05, 0.1) is 0 Å². The number of hydrogen-bond donors (Lipinski definition) is 1. The summed E-state index contributed by atoms with van der Waals surface area (Å²) in [4.78, 5) is 0. The SMILES string of the molecule is CC.CNCc1ccc2c(c1)C=C(C)C2. The van der Waals surface area contributed by atoms with Gasteiger partial charge in [-0.3, -0.25) is 0 Å². The van der Waals surface area contributed by atoms with Gasteiger partial charge in [-0.25, -0.2) is 0 Å². The van der Waals surface area contributed by atoms with Crippen LogP contribution in [0.25, 0.3) is 6.08 Å². The fourth-order valence-corrected chi connectivity index (χ4v) is 1.87. The molecule has 82 valence electrons. The van der Waals surface area contributed by atoms with E-state index >= 15 is 0 Å². The standard InChI is InChI=1S/C12H15N.C2H6/c1-9-5-11-4-3-10(8-13-2)7-12(11)6-9;1-2/h3-4,6-7,13H,5,8H2,1-2H3;1-2H3. The lowest BCUT2D eigenvalue weighted by Gasteiger charge is -2.03. The van der Waals surface area contributed by atoms with Crippen LogP contribution in [0, 0.1) is 0 Å². The van der Waals surface area contributed by atoms with Crippen LogP contribution < -0.4 is 5.32 Å². The Balaban J connectivity index is 0.000000531. The second-order valence-electron chi connectivity index (χ2n) is 3.73. The summed E-state index contributed by atoms with van der Waals surface area (Å²) in [6.07, 6.45) is 3.42. The van der Waals surface area contributed by atoms with Crippen molar-refractivity contribution in [2.24, 2.45) is 0 Å². The van der Waals surface area contributed by atoms with Gasteiger partial charge in [-0.15, -0.1) is 0 Å². The molecule has 0 heterocycles. The lowest BCUT2D eigenvalue weighted by molar-refractivity contribution is 0.817. The molecule has 0 fully saturated rings. The maximum atomic E-state index is 3.17. The predicted molar refractivity (Wildman–Crippen MR) is 67.9 cm³/mol. The second-order valence-corrected chi connectivity index (χ2v) is 3.73. The van der Waals surface area contributed by atoms with Crippen LogP contribution in [0.4, 0.5) is 0 Å². The second kappa shape index (κ2) is 5.72. The molecule has 0 aromatic heterocycles. The van der Waals surface area contributed by atoms with Crippen LogP contribution in [0.2, 0.25) is 0 Å². The molecule has 0 saturated heterocycles. The minimum Gasteiger partial charge on any atom is -0.316 e. The lowest BCUT2D eigenvalue weighted by atomic mass is 10.1. The van der Waals surface area contributed by atoms with Crippen molar-refractivity contribution in [2.45, 2.75) is 33.7 Å². The van der Waals surface area contributed by atoms with Crippen molar-refractivity contribution in [2.75, 3.05) is 7.05 Å². The third kappa shape index (κ3) is 2.93. The van der Waals surface area contributed by atoms with E-state index in [1.54, 1.807) is 0 Å². The molecule has 1 aliphatic rings. The normalized spacial score (nSPS) is 12.7. The molecule has 1 nitrogen and oxygen atoms in total. The Morgan fingerprint density at radius 3 is 2.67 bits per heavy atom. The van der Waals surface area contributed by atoms with Gasteiger partial charge in [-0.2, -0.15) is 0 Å². The van der Waals surface area contributed by atoms with Gasteiger partial charge in [-0.1, -0.05) is 43.7 Å². The van der Waals surface area contributed by atoms with Gasteiger partial charge in [-0.05, 0) is 37.1 Å². The van der Waals surface area contributed by atoms with E-state index in [2.05, 4.69) is 36.5 Å². The fraction of sp³-hybridized carbons (Fsp3) is 0.429. The summed E-state index contributed by atoms with van der Waals surface area (Å²) in [5.41, 5.74) is 5.71. The molecule has 1 aliphatic carbocycles. The highest BCUT2D eigenvalue weighted by molar-refractivity contribution is 5.63. The molecule has 0 saturated carbocycles. The summed E-state index contributed by atoms with van der Waals surface area (Å²) in [5, 5.41) is 3.17. The number of benzene rings is 1. The third-order valence-electron chi connectivity index (χ3n) is 2.46. The monoisotopic (exact) mass is 203 g/mol. The van der Waals surface area contributed by atoms with Crippen molar-refractivity contribution in [1.29, 1.82) is 0 Å². The number of hydrogen-bond acceptors (Lipinski definition) is 1.